The number of alkyl carbamates (subject to hydrolysis) is 1. The number of hydrogen-bond donors (Lipinski definition) is 5. The Hall–Kier alpha value is -3.05. The van der Waals surface area contributed by atoms with Gasteiger partial charge in [0.15, 0.2) is 5.96 Å². The second-order valence-electron chi connectivity index (χ2n) is 7.33. The molecule has 0 aromatic rings. The quantitative estimate of drug-likeness (QED) is 0.202. The van der Waals surface area contributed by atoms with Gasteiger partial charge in [0.1, 0.15) is 0 Å². The molecule has 31 heavy (non-hydrogen) atoms. The van der Waals surface area contributed by atoms with E-state index in [1.54, 1.807) is 0 Å². The largest absolute Gasteiger partial charge is 0.478 e. The number of unbranched alkanes of at least 4 members (excludes halogenated alkanes) is 3. The molecule has 174 valence electrons. The highest BCUT2D eigenvalue weighted by Crippen LogP contribution is 2.16. The van der Waals surface area contributed by atoms with Gasteiger partial charge in [-0.1, -0.05) is 24.9 Å². The standard InChI is InChI=1S/C19H32N6O6/c1-2-3-13-30-18(29)25-19(16(27)28,24-15(26)14-7-10-23-31-14)8-5-4-6-9-20-17-21-11-12-22-17/h10,14H,2-9,11-13H2,1H3,(H,24,26)(H,25,29)(H,27,28)(H2,20,21,22). The molecule has 12 heteroatoms. The Bertz CT molecular complexity index is 677. The molecule has 0 radical (unpaired) electrons. The van der Waals surface area contributed by atoms with Crippen LogP contribution in [0.5, 0.6) is 0 Å². The first-order valence-electron chi connectivity index (χ1n) is 10.7. The van der Waals surface area contributed by atoms with Crippen LogP contribution in [0.4, 0.5) is 4.79 Å². The van der Waals surface area contributed by atoms with Gasteiger partial charge in [-0.3, -0.25) is 15.1 Å². The molecule has 0 spiro atoms. The van der Waals surface area contributed by atoms with Gasteiger partial charge in [-0.05, 0) is 19.3 Å². The van der Waals surface area contributed by atoms with Gasteiger partial charge in [0, 0.05) is 32.1 Å². The fraction of sp³-hybridized carbons (Fsp3) is 0.737. The molecular formula is C19H32N6O6. The first-order valence-corrected chi connectivity index (χ1v) is 10.7. The smallest absolute Gasteiger partial charge is 0.409 e. The average Bonchev–Trinajstić information content (AvgIpc) is 3.44. The number of ether oxygens (including phenoxy) is 1. The van der Waals surface area contributed by atoms with Crippen LogP contribution in [0.3, 0.4) is 0 Å². The van der Waals surface area contributed by atoms with Crippen molar-refractivity contribution in [1.29, 1.82) is 0 Å². The van der Waals surface area contributed by atoms with Crippen molar-refractivity contribution in [2.45, 2.75) is 63.6 Å². The molecule has 2 heterocycles. The molecule has 2 aliphatic rings. The average molecular weight is 441 g/mol. The van der Waals surface area contributed by atoms with E-state index in [1.807, 2.05) is 6.92 Å². The maximum Gasteiger partial charge on any atom is 0.409 e. The van der Waals surface area contributed by atoms with Crippen LogP contribution >= 0.6 is 0 Å². The maximum atomic E-state index is 12.5. The van der Waals surface area contributed by atoms with Crippen molar-refractivity contribution in [3.63, 3.8) is 0 Å². The zero-order valence-electron chi connectivity index (χ0n) is 17.8. The first-order chi connectivity index (χ1) is 15.0. The van der Waals surface area contributed by atoms with Crippen molar-refractivity contribution in [3.8, 4) is 0 Å². The number of rotatable bonds is 13. The molecule has 2 amide bonds. The highest BCUT2D eigenvalue weighted by Gasteiger charge is 2.43. The van der Waals surface area contributed by atoms with Crippen LogP contribution in [0, 0.1) is 0 Å². The number of oxime groups is 1. The Balaban J connectivity index is 1.91. The number of carbonyl (C=O) groups excluding carboxylic acids is 2. The summed E-state index contributed by atoms with van der Waals surface area (Å²) >= 11 is 0. The van der Waals surface area contributed by atoms with E-state index in [9.17, 15) is 19.5 Å². The molecular weight excluding hydrogens is 408 g/mol. The Morgan fingerprint density at radius 3 is 2.77 bits per heavy atom. The van der Waals surface area contributed by atoms with E-state index < -0.39 is 29.7 Å². The maximum absolute atomic E-state index is 12.5. The van der Waals surface area contributed by atoms with E-state index in [4.69, 9.17) is 9.57 Å². The Labute approximate surface area is 181 Å². The molecule has 0 saturated carbocycles. The van der Waals surface area contributed by atoms with Crippen LogP contribution in [0.15, 0.2) is 10.1 Å². The number of aliphatic imine (C=N–C) groups is 1. The van der Waals surface area contributed by atoms with E-state index in [0.29, 0.717) is 25.8 Å². The summed E-state index contributed by atoms with van der Waals surface area (Å²) in [6, 6.07) is 0. The van der Waals surface area contributed by atoms with Crippen molar-refractivity contribution in [1.82, 2.24) is 21.3 Å². The number of nitrogens with zero attached hydrogens (tertiary/aromatic N) is 2. The number of hydrogen-bond acceptors (Lipinski definition) is 9. The zero-order chi connectivity index (χ0) is 22.5. The van der Waals surface area contributed by atoms with Crippen molar-refractivity contribution < 1.29 is 29.1 Å². The van der Waals surface area contributed by atoms with Crippen molar-refractivity contribution in [2.24, 2.45) is 10.1 Å². The van der Waals surface area contributed by atoms with Gasteiger partial charge >= 0.3 is 12.1 Å². The molecule has 2 atom stereocenters. The summed E-state index contributed by atoms with van der Waals surface area (Å²) in [5.41, 5.74) is -2.00. The fourth-order valence-corrected chi connectivity index (χ4v) is 3.05. The lowest BCUT2D eigenvalue weighted by molar-refractivity contribution is -0.151. The SMILES string of the molecule is CCCCOC(=O)NC(CCCCCNC1=NCCN1)(NC(=O)C1CC=NO1)C(=O)O. The lowest BCUT2D eigenvalue weighted by Gasteiger charge is -2.31. The molecule has 0 aromatic carbocycles. The number of nitrogens with one attached hydrogen (secondary N) is 4. The summed E-state index contributed by atoms with van der Waals surface area (Å²) in [7, 11) is 0. The Morgan fingerprint density at radius 1 is 1.29 bits per heavy atom. The minimum atomic E-state index is -2.00. The van der Waals surface area contributed by atoms with Crippen LogP contribution < -0.4 is 21.3 Å². The predicted molar refractivity (Wildman–Crippen MR) is 113 cm³/mol. The van der Waals surface area contributed by atoms with Gasteiger partial charge in [0.25, 0.3) is 5.91 Å². The number of carboxylic acid groups (broad SMARTS) is 1. The van der Waals surface area contributed by atoms with Gasteiger partial charge < -0.3 is 30.6 Å². The van der Waals surface area contributed by atoms with E-state index in [-0.39, 0.29) is 19.4 Å². The van der Waals surface area contributed by atoms with Crippen LogP contribution in [-0.4, -0.2) is 73.3 Å². The van der Waals surface area contributed by atoms with Crippen LogP contribution in [0.25, 0.3) is 0 Å². The van der Waals surface area contributed by atoms with Crippen LogP contribution in [-0.2, 0) is 19.2 Å². The van der Waals surface area contributed by atoms with E-state index in [1.165, 1.54) is 6.21 Å². The molecule has 2 rings (SSSR count). The minimum Gasteiger partial charge on any atom is -0.478 e. The summed E-state index contributed by atoms with van der Waals surface area (Å²) in [4.78, 5) is 46.0. The third-order valence-corrected chi connectivity index (χ3v) is 4.82. The first kappa shape index (κ1) is 24.2. The summed E-state index contributed by atoms with van der Waals surface area (Å²) in [5, 5.41) is 24.5. The lowest BCUT2D eigenvalue weighted by atomic mass is 10.0. The number of aliphatic carboxylic acids is 1. The van der Waals surface area contributed by atoms with Gasteiger partial charge in [0.05, 0.1) is 13.2 Å². The molecule has 0 aromatic heterocycles. The van der Waals surface area contributed by atoms with E-state index >= 15 is 0 Å². The number of amides is 2. The second-order valence-corrected chi connectivity index (χ2v) is 7.33. The number of carboxylic acids is 1. The topological polar surface area (TPSA) is 163 Å². The second kappa shape index (κ2) is 12.6. The minimum absolute atomic E-state index is 0.0102. The molecule has 2 aliphatic heterocycles. The summed E-state index contributed by atoms with van der Waals surface area (Å²) in [6.45, 7) is 4.35. The van der Waals surface area contributed by atoms with Crippen molar-refractivity contribution >= 4 is 30.1 Å². The molecule has 0 bridgehead atoms. The summed E-state index contributed by atoms with van der Waals surface area (Å²) in [6.07, 6.45) is 3.19. The molecule has 2 unspecified atom stereocenters. The van der Waals surface area contributed by atoms with E-state index in [0.717, 1.165) is 31.9 Å². The van der Waals surface area contributed by atoms with Crippen molar-refractivity contribution in [3.05, 3.63) is 0 Å². The summed E-state index contributed by atoms with van der Waals surface area (Å²) in [5.74, 6) is -1.28. The molecule has 0 aliphatic carbocycles. The van der Waals surface area contributed by atoms with Gasteiger partial charge in [0.2, 0.25) is 11.8 Å². The fourth-order valence-electron chi connectivity index (χ4n) is 3.05. The Kier molecular flexibility index (Phi) is 9.85. The molecule has 5 N–H and O–H groups in total. The number of carbonyl (C=O) groups is 3. The lowest BCUT2D eigenvalue weighted by Crippen LogP contribution is -2.66. The third-order valence-electron chi connectivity index (χ3n) is 4.82. The highest BCUT2D eigenvalue weighted by atomic mass is 16.6. The highest BCUT2D eigenvalue weighted by molar-refractivity contribution is 5.92. The predicted octanol–water partition coefficient (Wildman–Crippen LogP) is 0.294. The zero-order valence-corrected chi connectivity index (χ0v) is 17.8. The normalized spacial score (nSPS) is 18.9. The molecule has 0 fully saturated rings. The summed E-state index contributed by atoms with van der Waals surface area (Å²) < 4.78 is 5.05. The Morgan fingerprint density at radius 2 is 2.13 bits per heavy atom. The number of guanidine groups is 1. The van der Waals surface area contributed by atoms with Crippen molar-refractivity contribution in [2.75, 3.05) is 26.2 Å². The molecule has 0 saturated heterocycles. The van der Waals surface area contributed by atoms with Gasteiger partial charge in [-0.25, -0.2) is 9.59 Å². The molecule has 12 nitrogen and oxygen atoms in total. The van der Waals surface area contributed by atoms with Crippen LogP contribution in [0.1, 0.15) is 51.9 Å². The third kappa shape index (κ3) is 7.95. The monoisotopic (exact) mass is 440 g/mol. The van der Waals surface area contributed by atoms with Gasteiger partial charge in [-0.2, -0.15) is 0 Å². The van der Waals surface area contributed by atoms with E-state index in [2.05, 4.69) is 31.4 Å². The van der Waals surface area contributed by atoms with Gasteiger partial charge in [-0.15, -0.1) is 0 Å². The van der Waals surface area contributed by atoms with Crippen LogP contribution in [0.2, 0.25) is 0 Å².